The number of benzene rings is 1. The average molecular weight is 257 g/mol. The number of rotatable bonds is 3. The van der Waals surface area contributed by atoms with Crippen molar-refractivity contribution in [3.8, 4) is 0 Å². The lowest BCUT2D eigenvalue weighted by molar-refractivity contribution is 0.348. The van der Waals surface area contributed by atoms with E-state index in [0.717, 1.165) is 17.9 Å². The van der Waals surface area contributed by atoms with Crippen LogP contribution in [0.4, 0.5) is 0 Å². The highest BCUT2D eigenvalue weighted by Gasteiger charge is 2.20. The molecule has 1 aromatic carbocycles. The van der Waals surface area contributed by atoms with E-state index in [2.05, 4.69) is 36.5 Å². The SMILES string of the molecule is CC1CCC(c2ccc(CC3CCCN3)cc2)CC1. The maximum atomic E-state index is 3.59. The highest BCUT2D eigenvalue weighted by atomic mass is 14.9. The van der Waals surface area contributed by atoms with E-state index in [4.69, 9.17) is 0 Å². The molecular weight excluding hydrogens is 230 g/mol. The van der Waals surface area contributed by atoms with Gasteiger partial charge in [-0.2, -0.15) is 0 Å². The second-order valence-electron chi connectivity index (χ2n) is 6.70. The van der Waals surface area contributed by atoms with E-state index in [-0.39, 0.29) is 0 Å². The predicted octanol–water partition coefficient (Wildman–Crippen LogP) is 4.27. The van der Waals surface area contributed by atoms with Gasteiger partial charge >= 0.3 is 0 Å². The molecule has 1 atom stereocenters. The van der Waals surface area contributed by atoms with Crippen LogP contribution < -0.4 is 5.32 Å². The maximum absolute atomic E-state index is 3.59. The van der Waals surface area contributed by atoms with E-state index in [0.29, 0.717) is 0 Å². The van der Waals surface area contributed by atoms with Crippen LogP contribution in [0.25, 0.3) is 0 Å². The van der Waals surface area contributed by atoms with Gasteiger partial charge < -0.3 is 5.32 Å². The van der Waals surface area contributed by atoms with Crippen LogP contribution in [-0.2, 0) is 6.42 Å². The molecular formula is C18H27N. The Bertz CT molecular complexity index is 381. The van der Waals surface area contributed by atoms with E-state index in [1.165, 1.54) is 57.1 Å². The van der Waals surface area contributed by atoms with E-state index >= 15 is 0 Å². The minimum Gasteiger partial charge on any atom is -0.314 e. The number of hydrogen-bond donors (Lipinski definition) is 1. The molecule has 1 nitrogen and oxygen atoms in total. The molecule has 0 amide bonds. The van der Waals surface area contributed by atoms with Gasteiger partial charge in [0.1, 0.15) is 0 Å². The van der Waals surface area contributed by atoms with Crippen LogP contribution in [0.5, 0.6) is 0 Å². The normalized spacial score (nSPS) is 31.5. The van der Waals surface area contributed by atoms with Crippen molar-refractivity contribution in [2.24, 2.45) is 5.92 Å². The van der Waals surface area contributed by atoms with E-state index in [1.54, 1.807) is 5.56 Å². The Hall–Kier alpha value is -0.820. The minimum atomic E-state index is 0.724. The van der Waals surface area contributed by atoms with Gasteiger partial charge in [-0.05, 0) is 61.6 Å². The van der Waals surface area contributed by atoms with E-state index in [1.807, 2.05) is 0 Å². The zero-order valence-electron chi connectivity index (χ0n) is 12.2. The molecule has 0 radical (unpaired) electrons. The molecule has 1 aliphatic carbocycles. The smallest absolute Gasteiger partial charge is 0.0108 e. The van der Waals surface area contributed by atoms with Crippen molar-refractivity contribution in [2.75, 3.05) is 6.54 Å². The van der Waals surface area contributed by atoms with Gasteiger partial charge in [-0.25, -0.2) is 0 Å². The quantitative estimate of drug-likeness (QED) is 0.852. The van der Waals surface area contributed by atoms with E-state index in [9.17, 15) is 0 Å². The van der Waals surface area contributed by atoms with Gasteiger partial charge in [0.2, 0.25) is 0 Å². The molecule has 1 aromatic rings. The Morgan fingerprint density at radius 3 is 2.37 bits per heavy atom. The lowest BCUT2D eigenvalue weighted by atomic mass is 9.79. The number of hydrogen-bond acceptors (Lipinski definition) is 1. The summed E-state index contributed by atoms with van der Waals surface area (Å²) >= 11 is 0. The Labute approximate surface area is 117 Å². The summed E-state index contributed by atoms with van der Waals surface area (Å²) in [5.41, 5.74) is 3.09. The summed E-state index contributed by atoms with van der Waals surface area (Å²) < 4.78 is 0. The van der Waals surface area contributed by atoms with Crippen LogP contribution >= 0.6 is 0 Å². The van der Waals surface area contributed by atoms with Crippen LogP contribution in [0, 0.1) is 5.92 Å². The molecule has 0 aromatic heterocycles. The van der Waals surface area contributed by atoms with Crippen molar-refractivity contribution in [1.82, 2.24) is 5.32 Å². The van der Waals surface area contributed by atoms with Crippen molar-refractivity contribution in [3.05, 3.63) is 35.4 Å². The molecule has 1 saturated carbocycles. The Kier molecular flexibility index (Phi) is 4.22. The predicted molar refractivity (Wildman–Crippen MR) is 81.5 cm³/mol. The van der Waals surface area contributed by atoms with Crippen molar-refractivity contribution in [2.45, 2.75) is 63.8 Å². The molecule has 1 aliphatic heterocycles. The summed E-state index contributed by atoms with van der Waals surface area (Å²) in [7, 11) is 0. The largest absolute Gasteiger partial charge is 0.314 e. The Balaban J connectivity index is 1.58. The molecule has 19 heavy (non-hydrogen) atoms. The molecule has 0 bridgehead atoms. The fourth-order valence-corrected chi connectivity index (χ4v) is 3.73. The highest BCUT2D eigenvalue weighted by Crippen LogP contribution is 2.35. The summed E-state index contributed by atoms with van der Waals surface area (Å²) in [6.07, 6.45) is 9.53. The Morgan fingerprint density at radius 1 is 1.00 bits per heavy atom. The van der Waals surface area contributed by atoms with E-state index < -0.39 is 0 Å². The molecule has 1 heteroatoms. The van der Waals surface area contributed by atoms with Crippen LogP contribution in [-0.4, -0.2) is 12.6 Å². The van der Waals surface area contributed by atoms with Crippen molar-refractivity contribution < 1.29 is 0 Å². The fraction of sp³-hybridized carbons (Fsp3) is 0.667. The first-order valence-corrected chi connectivity index (χ1v) is 8.13. The molecule has 2 aliphatic rings. The second kappa shape index (κ2) is 6.09. The molecule has 2 fully saturated rings. The van der Waals surface area contributed by atoms with Gasteiger partial charge in [0.05, 0.1) is 0 Å². The summed E-state index contributed by atoms with van der Waals surface area (Å²) in [4.78, 5) is 0. The van der Waals surface area contributed by atoms with Crippen LogP contribution in [0.2, 0.25) is 0 Å². The lowest BCUT2D eigenvalue weighted by Crippen LogP contribution is -2.23. The zero-order valence-corrected chi connectivity index (χ0v) is 12.2. The fourth-order valence-electron chi connectivity index (χ4n) is 3.73. The van der Waals surface area contributed by atoms with Gasteiger partial charge in [-0.15, -0.1) is 0 Å². The van der Waals surface area contributed by atoms with Gasteiger partial charge in [0.25, 0.3) is 0 Å². The molecule has 1 saturated heterocycles. The van der Waals surface area contributed by atoms with Gasteiger partial charge in [-0.1, -0.05) is 44.0 Å². The summed E-state index contributed by atoms with van der Waals surface area (Å²) in [6, 6.07) is 10.2. The first kappa shape index (κ1) is 13.2. The first-order valence-electron chi connectivity index (χ1n) is 8.13. The topological polar surface area (TPSA) is 12.0 Å². The monoisotopic (exact) mass is 257 g/mol. The molecule has 0 spiro atoms. The van der Waals surface area contributed by atoms with Crippen molar-refractivity contribution in [1.29, 1.82) is 0 Å². The third kappa shape index (κ3) is 3.39. The maximum Gasteiger partial charge on any atom is 0.0108 e. The molecule has 1 heterocycles. The minimum absolute atomic E-state index is 0.724. The molecule has 104 valence electrons. The molecule has 3 rings (SSSR count). The van der Waals surface area contributed by atoms with Crippen LogP contribution in [0.1, 0.15) is 62.5 Å². The van der Waals surface area contributed by atoms with Crippen molar-refractivity contribution in [3.63, 3.8) is 0 Å². The second-order valence-corrected chi connectivity index (χ2v) is 6.70. The van der Waals surface area contributed by atoms with Gasteiger partial charge in [0, 0.05) is 6.04 Å². The third-order valence-electron chi connectivity index (χ3n) is 5.11. The average Bonchev–Trinajstić information content (AvgIpc) is 2.94. The Morgan fingerprint density at radius 2 is 1.74 bits per heavy atom. The summed E-state index contributed by atoms with van der Waals surface area (Å²) in [6.45, 7) is 3.61. The third-order valence-corrected chi connectivity index (χ3v) is 5.11. The van der Waals surface area contributed by atoms with Crippen LogP contribution in [0.3, 0.4) is 0 Å². The highest BCUT2D eigenvalue weighted by molar-refractivity contribution is 5.26. The summed E-state index contributed by atoms with van der Waals surface area (Å²) in [5, 5.41) is 3.59. The van der Waals surface area contributed by atoms with Gasteiger partial charge in [-0.3, -0.25) is 0 Å². The molecule has 1 unspecified atom stereocenters. The lowest BCUT2D eigenvalue weighted by Gasteiger charge is -2.26. The van der Waals surface area contributed by atoms with Gasteiger partial charge in [0.15, 0.2) is 0 Å². The zero-order chi connectivity index (χ0) is 13.1. The standard InChI is InChI=1S/C18H27N/c1-14-4-8-16(9-5-14)17-10-6-15(7-11-17)13-18-3-2-12-19-18/h6-7,10-11,14,16,18-19H,2-5,8-9,12-13H2,1H3. The first-order chi connectivity index (χ1) is 9.31. The van der Waals surface area contributed by atoms with Crippen molar-refractivity contribution >= 4 is 0 Å². The summed E-state index contributed by atoms with van der Waals surface area (Å²) in [5.74, 6) is 1.78. The number of nitrogens with one attached hydrogen (secondary N) is 1. The van der Waals surface area contributed by atoms with Crippen LogP contribution in [0.15, 0.2) is 24.3 Å². The molecule has 1 N–H and O–H groups in total.